The number of hydrogen-bond donors (Lipinski definition) is 1. The number of fused-ring (bicyclic) bond motifs is 1. The molecular formula is C20H25N3O3. The van der Waals surface area contributed by atoms with Gasteiger partial charge < -0.3 is 9.72 Å². The fourth-order valence-corrected chi connectivity index (χ4v) is 4.23. The summed E-state index contributed by atoms with van der Waals surface area (Å²) < 4.78 is 5.36. The average molecular weight is 355 g/mol. The predicted octanol–water partition coefficient (Wildman–Crippen LogP) is 2.33. The third kappa shape index (κ3) is 3.21. The molecule has 2 fully saturated rings. The van der Waals surface area contributed by atoms with Gasteiger partial charge in [0.05, 0.1) is 7.11 Å². The van der Waals surface area contributed by atoms with Gasteiger partial charge in [-0.3, -0.25) is 19.4 Å². The Labute approximate surface area is 153 Å². The average Bonchev–Trinajstić information content (AvgIpc) is 3.34. The molecule has 3 heterocycles. The molecule has 2 aliphatic heterocycles. The molecule has 1 N–H and O–H groups in total. The fraction of sp³-hybridized carbons (Fsp3) is 0.500. The number of H-pyrrole nitrogens is 1. The lowest BCUT2D eigenvalue weighted by atomic mass is 10.0. The lowest BCUT2D eigenvalue weighted by Gasteiger charge is -2.26. The van der Waals surface area contributed by atoms with Gasteiger partial charge in [0.2, 0.25) is 11.8 Å². The molecule has 0 saturated carbocycles. The van der Waals surface area contributed by atoms with Gasteiger partial charge >= 0.3 is 0 Å². The zero-order chi connectivity index (χ0) is 18.1. The number of hydrogen-bond acceptors (Lipinski definition) is 4. The van der Waals surface area contributed by atoms with Gasteiger partial charge in [0.25, 0.3) is 0 Å². The Balaban J connectivity index is 1.44. The first-order chi connectivity index (χ1) is 12.7. The fourth-order valence-electron chi connectivity index (χ4n) is 4.23. The van der Waals surface area contributed by atoms with Crippen molar-refractivity contribution in [3.05, 3.63) is 30.0 Å². The van der Waals surface area contributed by atoms with Gasteiger partial charge in [0, 0.05) is 49.1 Å². The van der Waals surface area contributed by atoms with E-state index in [4.69, 9.17) is 4.74 Å². The normalized spacial score (nSPS) is 21.3. The molecule has 2 aliphatic rings. The molecule has 4 rings (SSSR count). The molecule has 26 heavy (non-hydrogen) atoms. The van der Waals surface area contributed by atoms with Gasteiger partial charge in [-0.05, 0) is 49.6 Å². The molecule has 138 valence electrons. The molecule has 6 heteroatoms. The monoisotopic (exact) mass is 355 g/mol. The van der Waals surface area contributed by atoms with E-state index < -0.39 is 0 Å². The Morgan fingerprint density at radius 1 is 1.19 bits per heavy atom. The number of nitrogens with one attached hydrogen (secondary N) is 1. The van der Waals surface area contributed by atoms with Gasteiger partial charge in [0.1, 0.15) is 5.75 Å². The van der Waals surface area contributed by atoms with E-state index >= 15 is 0 Å². The Hall–Kier alpha value is -2.34. The molecule has 2 saturated heterocycles. The highest BCUT2D eigenvalue weighted by atomic mass is 16.5. The smallest absolute Gasteiger partial charge is 0.229 e. The van der Waals surface area contributed by atoms with Crippen molar-refractivity contribution < 1.29 is 14.3 Å². The van der Waals surface area contributed by atoms with Crippen molar-refractivity contribution in [1.82, 2.24) is 14.8 Å². The Morgan fingerprint density at radius 3 is 2.77 bits per heavy atom. The van der Waals surface area contributed by atoms with Crippen molar-refractivity contribution in [2.45, 2.75) is 38.1 Å². The summed E-state index contributed by atoms with van der Waals surface area (Å²) in [4.78, 5) is 30.8. The number of imide groups is 1. The summed E-state index contributed by atoms with van der Waals surface area (Å²) in [7, 11) is 1.69. The van der Waals surface area contributed by atoms with Crippen molar-refractivity contribution in [2.24, 2.45) is 0 Å². The number of carbonyl (C=O) groups is 2. The van der Waals surface area contributed by atoms with Crippen LogP contribution in [0.3, 0.4) is 0 Å². The van der Waals surface area contributed by atoms with Crippen molar-refractivity contribution in [3.63, 3.8) is 0 Å². The topological polar surface area (TPSA) is 65.6 Å². The maximum absolute atomic E-state index is 11.8. The number of methoxy groups -OCH3 is 1. The van der Waals surface area contributed by atoms with E-state index in [0.717, 1.165) is 43.6 Å². The van der Waals surface area contributed by atoms with Crippen LogP contribution < -0.4 is 4.74 Å². The zero-order valence-electron chi connectivity index (χ0n) is 15.2. The molecule has 2 aromatic rings. The minimum Gasteiger partial charge on any atom is -0.497 e. The van der Waals surface area contributed by atoms with Crippen LogP contribution in [0.5, 0.6) is 5.75 Å². The maximum atomic E-state index is 11.8. The number of benzene rings is 1. The van der Waals surface area contributed by atoms with E-state index in [1.807, 2.05) is 6.07 Å². The molecule has 1 unspecified atom stereocenters. The van der Waals surface area contributed by atoms with Crippen LogP contribution in [-0.4, -0.2) is 59.4 Å². The Morgan fingerprint density at radius 2 is 2.00 bits per heavy atom. The third-order valence-corrected chi connectivity index (χ3v) is 5.69. The minimum atomic E-state index is -0.0190. The van der Waals surface area contributed by atoms with E-state index in [1.54, 1.807) is 7.11 Å². The molecule has 2 amide bonds. The third-order valence-electron chi connectivity index (χ3n) is 5.69. The zero-order valence-corrected chi connectivity index (χ0v) is 15.2. The lowest BCUT2D eigenvalue weighted by Crippen LogP contribution is -2.40. The first-order valence-corrected chi connectivity index (χ1v) is 9.37. The second-order valence-electron chi connectivity index (χ2n) is 7.20. The SMILES string of the molecule is COc1ccc2[nH]cc(CC3CCCN3CCN3C(=O)CCC3=O)c2c1. The highest BCUT2D eigenvalue weighted by Crippen LogP contribution is 2.28. The second kappa shape index (κ2) is 7.11. The molecule has 0 bridgehead atoms. The number of amides is 2. The number of aromatic nitrogens is 1. The summed E-state index contributed by atoms with van der Waals surface area (Å²) >= 11 is 0. The van der Waals surface area contributed by atoms with Crippen LogP contribution in [0.15, 0.2) is 24.4 Å². The van der Waals surface area contributed by atoms with E-state index in [0.29, 0.717) is 25.4 Å². The maximum Gasteiger partial charge on any atom is 0.229 e. The number of nitrogens with zero attached hydrogens (tertiary/aromatic N) is 2. The number of ether oxygens (including phenoxy) is 1. The largest absolute Gasteiger partial charge is 0.497 e. The molecule has 0 aliphatic carbocycles. The van der Waals surface area contributed by atoms with E-state index in [-0.39, 0.29) is 11.8 Å². The van der Waals surface area contributed by atoms with E-state index in [2.05, 4.69) is 28.2 Å². The van der Waals surface area contributed by atoms with E-state index in [1.165, 1.54) is 15.8 Å². The molecule has 1 atom stereocenters. The number of likely N-dealkylation sites (tertiary alicyclic amines) is 2. The van der Waals surface area contributed by atoms with Gasteiger partial charge in [-0.2, -0.15) is 0 Å². The molecule has 0 radical (unpaired) electrons. The van der Waals surface area contributed by atoms with Gasteiger partial charge in [-0.1, -0.05) is 0 Å². The number of carbonyl (C=O) groups excluding carboxylic acids is 2. The summed E-state index contributed by atoms with van der Waals surface area (Å²) in [6.07, 6.45) is 6.12. The van der Waals surface area contributed by atoms with Gasteiger partial charge in [-0.25, -0.2) is 0 Å². The van der Waals surface area contributed by atoms with Crippen molar-refractivity contribution in [1.29, 1.82) is 0 Å². The summed E-state index contributed by atoms with van der Waals surface area (Å²) in [5.41, 5.74) is 2.42. The van der Waals surface area contributed by atoms with Crippen molar-refractivity contribution >= 4 is 22.7 Å². The minimum absolute atomic E-state index is 0.0190. The summed E-state index contributed by atoms with van der Waals surface area (Å²) in [6, 6.07) is 6.55. The molecule has 0 spiro atoms. The standard InChI is InChI=1S/C20H25N3O3/c1-26-16-4-5-18-17(12-16)14(13-21-18)11-15-3-2-8-22(15)9-10-23-19(24)6-7-20(23)25/h4-5,12-13,15,21H,2-3,6-11H2,1H3. The Kier molecular flexibility index (Phi) is 4.68. The first kappa shape index (κ1) is 17.1. The second-order valence-corrected chi connectivity index (χ2v) is 7.20. The highest BCUT2D eigenvalue weighted by molar-refractivity contribution is 6.01. The van der Waals surface area contributed by atoms with Crippen LogP contribution in [0.4, 0.5) is 0 Å². The summed E-state index contributed by atoms with van der Waals surface area (Å²) in [5, 5.41) is 1.21. The van der Waals surface area contributed by atoms with Gasteiger partial charge in [0.15, 0.2) is 0 Å². The van der Waals surface area contributed by atoms with Gasteiger partial charge in [-0.15, -0.1) is 0 Å². The molecule has 1 aromatic carbocycles. The van der Waals surface area contributed by atoms with Crippen molar-refractivity contribution in [2.75, 3.05) is 26.7 Å². The molecular weight excluding hydrogens is 330 g/mol. The van der Waals surface area contributed by atoms with Crippen LogP contribution in [0.2, 0.25) is 0 Å². The predicted molar refractivity (Wildman–Crippen MR) is 99.1 cm³/mol. The van der Waals surface area contributed by atoms with Crippen LogP contribution in [0.1, 0.15) is 31.2 Å². The first-order valence-electron chi connectivity index (χ1n) is 9.37. The Bertz CT molecular complexity index is 813. The highest BCUT2D eigenvalue weighted by Gasteiger charge is 2.31. The number of aromatic amines is 1. The van der Waals surface area contributed by atoms with Crippen LogP contribution in [0.25, 0.3) is 10.9 Å². The number of rotatable bonds is 6. The van der Waals surface area contributed by atoms with Crippen LogP contribution >= 0.6 is 0 Å². The summed E-state index contributed by atoms with van der Waals surface area (Å²) in [6.45, 7) is 2.33. The molecule has 1 aromatic heterocycles. The van der Waals surface area contributed by atoms with Crippen LogP contribution in [0, 0.1) is 0 Å². The lowest BCUT2D eigenvalue weighted by molar-refractivity contribution is -0.138. The quantitative estimate of drug-likeness (QED) is 0.808. The van der Waals surface area contributed by atoms with Crippen molar-refractivity contribution in [3.8, 4) is 5.75 Å². The molecule has 6 nitrogen and oxygen atoms in total. The van der Waals surface area contributed by atoms with E-state index in [9.17, 15) is 9.59 Å². The summed E-state index contributed by atoms with van der Waals surface area (Å²) in [5.74, 6) is 0.830. The van der Waals surface area contributed by atoms with Crippen LogP contribution in [-0.2, 0) is 16.0 Å².